The molecule has 1 heterocycles. The van der Waals surface area contributed by atoms with Crippen LogP contribution in [-0.2, 0) is 0 Å². The number of aromatic nitrogens is 2. The Labute approximate surface area is 140 Å². The van der Waals surface area contributed by atoms with Crippen molar-refractivity contribution in [3.8, 4) is 0 Å². The maximum Gasteiger partial charge on any atom is 0.274 e. The smallest absolute Gasteiger partial charge is 0.274 e. The van der Waals surface area contributed by atoms with Gasteiger partial charge in [0.05, 0.1) is 0 Å². The lowest BCUT2D eigenvalue weighted by Crippen LogP contribution is -2.14. The lowest BCUT2D eigenvalue weighted by molar-refractivity contribution is 0.102. The highest BCUT2D eigenvalue weighted by atomic mass is 16.1. The Hall–Kier alpha value is -3.21. The molecule has 2 N–H and O–H groups in total. The van der Waals surface area contributed by atoms with Gasteiger partial charge in [-0.25, -0.2) is 9.97 Å². The quantitative estimate of drug-likeness (QED) is 0.760. The van der Waals surface area contributed by atoms with Crippen LogP contribution in [0.25, 0.3) is 0 Å². The van der Waals surface area contributed by atoms with Crippen LogP contribution in [0.4, 0.5) is 17.2 Å². The molecule has 0 aliphatic carbocycles. The van der Waals surface area contributed by atoms with Gasteiger partial charge in [-0.15, -0.1) is 0 Å². The van der Waals surface area contributed by atoms with Crippen LogP contribution in [0.2, 0.25) is 0 Å². The highest BCUT2D eigenvalue weighted by molar-refractivity contribution is 6.03. The zero-order chi connectivity index (χ0) is 16.9. The predicted molar refractivity (Wildman–Crippen MR) is 95.6 cm³/mol. The van der Waals surface area contributed by atoms with Gasteiger partial charge in [0.1, 0.15) is 17.8 Å². The van der Waals surface area contributed by atoms with Crippen LogP contribution >= 0.6 is 0 Å². The summed E-state index contributed by atoms with van der Waals surface area (Å²) in [5, 5.41) is 6.02. The van der Waals surface area contributed by atoms with E-state index in [2.05, 4.69) is 26.7 Å². The van der Waals surface area contributed by atoms with Crippen molar-refractivity contribution in [1.82, 2.24) is 9.97 Å². The average molecular weight is 318 g/mol. The van der Waals surface area contributed by atoms with Gasteiger partial charge in [-0.2, -0.15) is 0 Å². The molecule has 0 saturated carbocycles. The van der Waals surface area contributed by atoms with Gasteiger partial charge in [0.15, 0.2) is 0 Å². The molecule has 0 saturated heterocycles. The number of aryl methyl sites for hydroxylation is 2. The number of carbonyl (C=O) groups is 1. The maximum atomic E-state index is 12.4. The predicted octanol–water partition coefficient (Wildman–Crippen LogP) is 4.09. The fraction of sp³-hybridized carbons (Fsp3) is 0.105. The highest BCUT2D eigenvalue weighted by Crippen LogP contribution is 2.16. The maximum absolute atomic E-state index is 12.4. The molecule has 0 bridgehead atoms. The van der Waals surface area contributed by atoms with E-state index < -0.39 is 0 Å². The summed E-state index contributed by atoms with van der Waals surface area (Å²) in [5.41, 5.74) is 4.16. The summed E-state index contributed by atoms with van der Waals surface area (Å²) >= 11 is 0. The Morgan fingerprint density at radius 1 is 0.875 bits per heavy atom. The molecular weight excluding hydrogens is 300 g/mol. The van der Waals surface area contributed by atoms with Gasteiger partial charge < -0.3 is 10.6 Å². The lowest BCUT2D eigenvalue weighted by atomic mass is 10.1. The number of rotatable bonds is 4. The van der Waals surface area contributed by atoms with Gasteiger partial charge in [0.2, 0.25) is 0 Å². The average Bonchev–Trinajstić information content (AvgIpc) is 2.55. The van der Waals surface area contributed by atoms with E-state index in [1.54, 1.807) is 6.07 Å². The minimum atomic E-state index is -0.265. The molecule has 0 aliphatic rings. The lowest BCUT2D eigenvalue weighted by Gasteiger charge is -2.09. The number of amides is 1. The second-order valence-electron chi connectivity index (χ2n) is 5.61. The fourth-order valence-electron chi connectivity index (χ4n) is 2.46. The molecule has 0 fully saturated rings. The summed E-state index contributed by atoms with van der Waals surface area (Å²) < 4.78 is 0. The molecule has 3 rings (SSSR count). The first-order valence-electron chi connectivity index (χ1n) is 7.64. The van der Waals surface area contributed by atoms with E-state index >= 15 is 0 Å². The third-order valence-corrected chi connectivity index (χ3v) is 3.43. The van der Waals surface area contributed by atoms with Crippen molar-refractivity contribution in [3.05, 3.63) is 77.7 Å². The summed E-state index contributed by atoms with van der Waals surface area (Å²) in [4.78, 5) is 20.6. The van der Waals surface area contributed by atoms with Gasteiger partial charge in [0.25, 0.3) is 5.91 Å². The third kappa shape index (κ3) is 3.95. The van der Waals surface area contributed by atoms with Crippen molar-refractivity contribution in [3.63, 3.8) is 0 Å². The molecule has 2 aromatic carbocycles. The summed E-state index contributed by atoms with van der Waals surface area (Å²) in [7, 11) is 0. The van der Waals surface area contributed by atoms with Crippen LogP contribution < -0.4 is 10.6 Å². The van der Waals surface area contributed by atoms with Gasteiger partial charge in [-0.3, -0.25) is 4.79 Å². The van der Waals surface area contributed by atoms with Gasteiger partial charge in [0, 0.05) is 17.4 Å². The van der Waals surface area contributed by atoms with Crippen LogP contribution in [0.5, 0.6) is 0 Å². The minimum absolute atomic E-state index is 0.265. The third-order valence-electron chi connectivity index (χ3n) is 3.43. The molecule has 24 heavy (non-hydrogen) atoms. The minimum Gasteiger partial charge on any atom is -0.340 e. The van der Waals surface area contributed by atoms with E-state index in [0.29, 0.717) is 11.5 Å². The van der Waals surface area contributed by atoms with E-state index in [-0.39, 0.29) is 5.91 Å². The zero-order valence-electron chi connectivity index (χ0n) is 13.6. The molecular formula is C19H18N4O. The number of anilines is 3. The Balaban J connectivity index is 1.76. The first-order valence-corrected chi connectivity index (χ1v) is 7.64. The van der Waals surface area contributed by atoms with Crippen molar-refractivity contribution >= 4 is 23.1 Å². The van der Waals surface area contributed by atoms with Crippen molar-refractivity contribution in [2.45, 2.75) is 13.8 Å². The zero-order valence-corrected chi connectivity index (χ0v) is 13.6. The van der Waals surface area contributed by atoms with E-state index in [4.69, 9.17) is 0 Å². The molecule has 5 heteroatoms. The van der Waals surface area contributed by atoms with E-state index in [1.165, 1.54) is 6.33 Å². The molecule has 0 unspecified atom stereocenters. The molecule has 0 radical (unpaired) electrons. The molecule has 0 atom stereocenters. The number of nitrogens with zero attached hydrogens (tertiary/aromatic N) is 2. The van der Waals surface area contributed by atoms with Gasteiger partial charge >= 0.3 is 0 Å². The van der Waals surface area contributed by atoms with E-state index in [0.717, 1.165) is 22.5 Å². The number of benzene rings is 2. The summed E-state index contributed by atoms with van der Waals surface area (Å²) in [6.45, 7) is 3.99. The summed E-state index contributed by atoms with van der Waals surface area (Å²) in [6.07, 6.45) is 1.38. The second kappa shape index (κ2) is 6.91. The molecule has 1 amide bonds. The Bertz CT molecular complexity index is 842. The fourth-order valence-corrected chi connectivity index (χ4v) is 2.46. The number of carbonyl (C=O) groups excluding carboxylic acids is 1. The summed E-state index contributed by atoms with van der Waals surface area (Å²) in [6, 6.07) is 17.2. The Morgan fingerprint density at radius 2 is 1.58 bits per heavy atom. The normalized spacial score (nSPS) is 10.2. The Kier molecular flexibility index (Phi) is 4.52. The first-order chi connectivity index (χ1) is 11.6. The topological polar surface area (TPSA) is 66.9 Å². The number of para-hydroxylation sites is 1. The molecule has 3 aromatic rings. The molecule has 1 aromatic heterocycles. The highest BCUT2D eigenvalue weighted by Gasteiger charge is 2.10. The molecule has 5 nitrogen and oxygen atoms in total. The molecule has 0 aliphatic heterocycles. The molecule has 0 spiro atoms. The molecule has 120 valence electrons. The van der Waals surface area contributed by atoms with Crippen LogP contribution in [-0.4, -0.2) is 15.9 Å². The van der Waals surface area contributed by atoms with Crippen molar-refractivity contribution < 1.29 is 4.79 Å². The van der Waals surface area contributed by atoms with Crippen molar-refractivity contribution in [2.75, 3.05) is 10.6 Å². The van der Waals surface area contributed by atoms with E-state index in [1.807, 2.05) is 56.3 Å². The monoisotopic (exact) mass is 318 g/mol. The van der Waals surface area contributed by atoms with Gasteiger partial charge in [-0.1, -0.05) is 24.3 Å². The van der Waals surface area contributed by atoms with Crippen LogP contribution in [0.15, 0.2) is 60.9 Å². The van der Waals surface area contributed by atoms with Crippen LogP contribution in [0.3, 0.4) is 0 Å². The number of hydrogen-bond donors (Lipinski definition) is 2. The summed E-state index contributed by atoms with van der Waals surface area (Å²) in [5.74, 6) is 0.306. The van der Waals surface area contributed by atoms with E-state index in [9.17, 15) is 4.79 Å². The number of nitrogens with one attached hydrogen (secondary N) is 2. The van der Waals surface area contributed by atoms with Crippen LogP contribution in [0, 0.1) is 13.8 Å². The van der Waals surface area contributed by atoms with Crippen molar-refractivity contribution in [2.24, 2.45) is 0 Å². The SMILES string of the molecule is Cc1cc(C)cc(NC(=O)c2cc(Nc3ccccc3)ncn2)c1. The second-order valence-corrected chi connectivity index (χ2v) is 5.61. The standard InChI is InChI=1S/C19H18N4O/c1-13-8-14(2)10-16(9-13)23-19(24)17-11-18(21-12-20-17)22-15-6-4-3-5-7-15/h3-12H,1-2H3,(H,23,24)(H,20,21,22). The van der Waals surface area contributed by atoms with Crippen LogP contribution in [0.1, 0.15) is 21.6 Å². The largest absolute Gasteiger partial charge is 0.340 e. The number of hydrogen-bond acceptors (Lipinski definition) is 4. The van der Waals surface area contributed by atoms with Gasteiger partial charge in [-0.05, 0) is 49.2 Å². The first kappa shape index (κ1) is 15.7. The van der Waals surface area contributed by atoms with Crippen molar-refractivity contribution in [1.29, 1.82) is 0 Å². The Morgan fingerprint density at radius 3 is 2.29 bits per heavy atom.